The minimum absolute atomic E-state index is 0. The monoisotopic (exact) mass is 1640 g/mol. The topological polar surface area (TPSA) is 257 Å². The number of halogens is 1. The Morgan fingerprint density at radius 3 is 1.09 bits per heavy atom. The van der Waals surface area contributed by atoms with Crippen LogP contribution in [0.3, 0.4) is 0 Å². The Kier molecular flexibility index (Phi) is 65.7. The summed E-state index contributed by atoms with van der Waals surface area (Å²) in [7, 11) is -4.35. The summed E-state index contributed by atoms with van der Waals surface area (Å²) in [5, 5.41) is 30.4. The van der Waals surface area contributed by atoms with Crippen LogP contribution in [-0.2, 0) is 54.7 Å². The molecule has 0 saturated carbocycles. The largest absolute Gasteiger partial charge is 0.423 e. The number of aliphatic hydroxyl groups excluding tert-OH is 2. The highest BCUT2D eigenvalue weighted by molar-refractivity contribution is 7.55. The van der Waals surface area contributed by atoms with Crippen LogP contribution in [-0.4, -0.2) is 270 Å². The molecule has 4 rings (SSSR count). The van der Waals surface area contributed by atoms with Crippen LogP contribution < -0.4 is 21.7 Å². The van der Waals surface area contributed by atoms with Gasteiger partial charge in [0.25, 0.3) is 8.53 Å². The van der Waals surface area contributed by atoms with Crippen LogP contribution in [0, 0.1) is 13.1 Å². The first-order valence-corrected chi connectivity index (χ1v) is 52.6. The van der Waals surface area contributed by atoms with Crippen molar-refractivity contribution in [1.29, 1.82) is 0 Å². The zero-order valence-electron chi connectivity index (χ0n) is 68.2. The van der Waals surface area contributed by atoms with E-state index in [1.165, 1.54) is 6.38 Å². The molecule has 4 saturated heterocycles. The van der Waals surface area contributed by atoms with Crippen molar-refractivity contribution in [1.82, 2.24) is 20.6 Å². The third kappa shape index (κ3) is 40.4. The fourth-order valence-electron chi connectivity index (χ4n) is 9.69. The van der Waals surface area contributed by atoms with Gasteiger partial charge in [-0.05, 0) is 169 Å². The molecule has 0 aromatic rings. The lowest BCUT2D eigenvalue weighted by atomic mass is 10.1. The predicted molar refractivity (Wildman–Crippen MR) is 467 cm³/mol. The molecule has 0 amide bonds. The molecule has 104 heavy (non-hydrogen) atoms. The first-order chi connectivity index (χ1) is 44.2. The van der Waals surface area contributed by atoms with E-state index in [4.69, 9.17) is 73.6 Å². The molecule has 18 atom stereocenters. The van der Waals surface area contributed by atoms with Gasteiger partial charge in [-0.1, -0.05) is 128 Å². The first kappa shape index (κ1) is 123. The Bertz CT molecular complexity index is 2260. The number of hydrogen-bond acceptors (Lipinski definition) is 19. The zero-order valence-corrected chi connectivity index (χ0v) is 75.6. The molecule has 4 fully saturated rings. The Morgan fingerprint density at radius 1 is 0.519 bits per heavy atom. The van der Waals surface area contributed by atoms with Gasteiger partial charge >= 0.3 is 8.00 Å². The van der Waals surface area contributed by atoms with Crippen LogP contribution in [0.15, 0.2) is 0 Å². The van der Waals surface area contributed by atoms with Gasteiger partial charge in [-0.2, -0.15) is 0 Å². The standard InChI is InChI=1S/C22H46N3O4PSi.C17H34N2O4PSi.C13H29NO3Si.C12H27NO3Si.C3H9P.CH3Cl.6CH4.H2O/c1-16(2)25(17(3)4)30(26-14-13-23-9)28-21-19(15-24-10)27-18(5)20(21)29-31(11,12)22(6,7)8;1-13-15(23-25(8,9)17(2,3)4)16(14(21-13)12-19-6)22-24(7)20-11-10-18-5;1-9-12(11(15)10(16-9)8-14-5)17-18(6,7)13(2,3)4;1-8-11(10(14)9(7-13)15-8)16-17(5,6)12(2,3)4;1-4(2)3;1-2;;;;;;;/h16-21,24H,13-15H2,1-8,10-12H3;13-16,19H,7,10-12H2,1-4,6,8-9H3;9-12,14-15H,8H2,1-7H3;8-11,14H,7,13H2,1-6H3;1-3H3;1H3;6*1H4;1H2/q;+1;;;;;;;;;;;/t18-,19+,20?,21-,30?;13-,14+,15?,16-;9-,10+,11-,12?;8-,9+,10-,11?;;;;;;;;;/m0000........./s1. The first-order valence-electron chi connectivity index (χ1n) is 35.0. The Morgan fingerprint density at radius 2 is 0.788 bits per heavy atom. The van der Waals surface area contributed by atoms with E-state index in [-0.39, 0.29) is 168 Å². The van der Waals surface area contributed by atoms with E-state index in [9.17, 15) is 10.2 Å². The molecule has 6 unspecified atom stereocenters. The van der Waals surface area contributed by atoms with Crippen molar-refractivity contribution in [2.24, 2.45) is 5.73 Å². The summed E-state index contributed by atoms with van der Waals surface area (Å²) in [5.74, 6) is 0. The molecular formula is C74H174ClN7O15P3Si4+. The van der Waals surface area contributed by atoms with Crippen LogP contribution in [0.5, 0.6) is 0 Å². The lowest BCUT2D eigenvalue weighted by Crippen LogP contribution is -2.50. The molecule has 0 aromatic carbocycles. The van der Waals surface area contributed by atoms with Crippen molar-refractivity contribution in [2.75, 3.05) is 100 Å². The second-order valence-electron chi connectivity index (χ2n) is 32.8. The van der Waals surface area contributed by atoms with Gasteiger partial charge in [-0.15, -0.1) is 28.6 Å². The van der Waals surface area contributed by atoms with E-state index in [0.717, 1.165) is 0 Å². The van der Waals surface area contributed by atoms with Crippen LogP contribution in [0.2, 0.25) is 72.5 Å². The molecule has 22 nitrogen and oxygen atoms in total. The second-order valence-corrected chi connectivity index (χ2v) is 57.1. The Balaban J connectivity index is -0.000000161. The smallest absolute Gasteiger partial charge is 0.412 e. The molecule has 0 aliphatic carbocycles. The minimum atomic E-state index is -2.03. The summed E-state index contributed by atoms with van der Waals surface area (Å²) < 4.78 is 76.7. The number of likely N-dealkylation sites (N-methyl/N-ethyl adjacent to an activating group) is 3. The molecule has 4 aliphatic heterocycles. The Hall–Kier alpha value is 0.368. The lowest BCUT2D eigenvalue weighted by molar-refractivity contribution is 0.0182. The summed E-state index contributed by atoms with van der Waals surface area (Å²) >= 11 is 4.64. The third-order valence-corrected chi connectivity index (χ3v) is 40.1. The number of hydrogen-bond donors (Lipinski definition) is 6. The summed E-state index contributed by atoms with van der Waals surface area (Å²) in [5.41, 5.74) is 5.57. The summed E-state index contributed by atoms with van der Waals surface area (Å²) in [6.07, 6.45) is 2.13. The fraction of sp³-hybridized carbons (Fsp3) is 0.959. The molecule has 9 N–H and O–H groups in total. The van der Waals surface area contributed by atoms with Gasteiger partial charge in [0.2, 0.25) is 13.1 Å². The number of alkyl halides is 1. The molecule has 0 aromatic heterocycles. The summed E-state index contributed by atoms with van der Waals surface area (Å²) in [6, 6.07) is 0.502. The summed E-state index contributed by atoms with van der Waals surface area (Å²) in [6.45, 7) is 85.4. The highest BCUT2D eigenvalue weighted by Crippen LogP contribution is 2.51. The maximum absolute atomic E-state index is 10.3. The van der Waals surface area contributed by atoms with Crippen LogP contribution in [0.4, 0.5) is 0 Å². The highest BCUT2D eigenvalue weighted by atomic mass is 35.5. The molecule has 632 valence electrons. The van der Waals surface area contributed by atoms with E-state index in [1.54, 1.807) is 0 Å². The SMILES string of the molecule is C.C.C.C.C.C.CCl.CNC[C@H]1O[C@@H](C)C(O[Si](C)(C)C(C)(C)C)[C@H]1O.CP(C)C.C[C@@H]1O[C@H](CN)[C@H](O)C1O[Si](C)(C)C(C)(C)C.O.[C-]#[N+]CCOP(O[C@@H]1C(O[Si](C)(C)C(C)(C)C)[C@H](C)O[C@@H]1CNC)N(C(C)C)C(C)C.[C-]#[N+]CCO[P+](=C)O[C@@H]1C(O[Si](C)(C)C(C)(C)C)[C@H](C)O[C@@H]1CNC. The van der Waals surface area contributed by atoms with Gasteiger partial charge in [-0.25, -0.2) is 17.8 Å². The van der Waals surface area contributed by atoms with Crippen LogP contribution >= 0.6 is 36.0 Å². The van der Waals surface area contributed by atoms with Gasteiger partial charge in [-0.3, -0.25) is 0 Å². The average molecular weight is 1640 g/mol. The normalized spacial score (nSPS) is 26.6. The van der Waals surface area contributed by atoms with Crippen molar-refractivity contribution in [3.05, 3.63) is 22.8 Å². The average Bonchev–Trinajstić information content (AvgIpc) is 1.61. The molecule has 30 heteroatoms. The summed E-state index contributed by atoms with van der Waals surface area (Å²) in [4.78, 5) is 6.73. The molecule has 4 heterocycles. The fourth-order valence-corrected chi connectivity index (χ4v) is 17.8. The van der Waals surface area contributed by atoms with E-state index >= 15 is 0 Å². The van der Waals surface area contributed by atoms with Crippen molar-refractivity contribution in [2.45, 2.75) is 365 Å². The van der Waals surface area contributed by atoms with E-state index < -0.39 is 62.0 Å². The number of ether oxygens (including phenoxy) is 4. The number of rotatable bonds is 28. The molecule has 4 aliphatic rings. The number of nitrogens with two attached hydrogens (primary N) is 1. The maximum atomic E-state index is 10.3. The second kappa shape index (κ2) is 55.8. The van der Waals surface area contributed by atoms with Gasteiger partial charge in [0.15, 0.2) is 46.0 Å². The van der Waals surface area contributed by atoms with Crippen molar-refractivity contribution in [3.63, 3.8) is 0 Å². The maximum Gasteiger partial charge on any atom is 0.423 e. The van der Waals surface area contributed by atoms with Crippen molar-refractivity contribution in [3.8, 4) is 0 Å². The van der Waals surface area contributed by atoms with Crippen LogP contribution in [0.1, 0.15) is 183 Å². The van der Waals surface area contributed by atoms with E-state index in [0.29, 0.717) is 60.4 Å². The van der Waals surface area contributed by atoms with Crippen molar-refractivity contribution >= 4 is 75.6 Å². The van der Waals surface area contributed by atoms with Crippen LogP contribution in [0.25, 0.3) is 9.69 Å². The minimum Gasteiger partial charge on any atom is -0.412 e. The van der Waals surface area contributed by atoms with Gasteiger partial charge < -0.3 is 92.8 Å². The van der Waals surface area contributed by atoms with Gasteiger partial charge in [0, 0.05) is 44.6 Å². The molecular weight excluding hydrogens is 1470 g/mol. The van der Waals surface area contributed by atoms with Crippen molar-refractivity contribution < 1.29 is 70.4 Å². The van der Waals surface area contributed by atoms with E-state index in [1.807, 2.05) is 41.9 Å². The lowest BCUT2D eigenvalue weighted by Gasteiger charge is -2.42. The number of aliphatic hydroxyl groups is 2. The highest BCUT2D eigenvalue weighted by Gasteiger charge is 2.54. The molecule has 0 spiro atoms. The van der Waals surface area contributed by atoms with Gasteiger partial charge in [0.1, 0.15) is 49.5 Å². The van der Waals surface area contributed by atoms with E-state index in [2.05, 4.69) is 238 Å². The predicted octanol–water partition coefficient (Wildman–Crippen LogP) is 16.9. The zero-order chi connectivity index (χ0) is 76.4. The Labute approximate surface area is 656 Å². The molecule has 0 bridgehead atoms. The third-order valence-electron chi connectivity index (χ3n) is 19.2. The quantitative estimate of drug-likeness (QED) is 0.0140. The van der Waals surface area contributed by atoms with Gasteiger partial charge in [0.05, 0.1) is 54.9 Å². The molecule has 0 radical (unpaired) electrons. The number of nitrogens with zero attached hydrogens (tertiary/aromatic N) is 3. The number of nitrogens with one attached hydrogen (secondary N) is 3.